The van der Waals surface area contributed by atoms with E-state index in [-0.39, 0.29) is 5.91 Å². The Morgan fingerprint density at radius 1 is 0.909 bits per heavy atom. The highest BCUT2D eigenvalue weighted by molar-refractivity contribution is 8.27. The zero-order valence-corrected chi connectivity index (χ0v) is 19.8. The number of anilines is 1. The Labute approximate surface area is 206 Å². The number of ether oxygens (including phenoxy) is 1. The van der Waals surface area contributed by atoms with Crippen LogP contribution in [0.4, 0.5) is 5.69 Å². The third-order valence-electron chi connectivity index (χ3n) is 5.33. The van der Waals surface area contributed by atoms with Crippen LogP contribution in [0.1, 0.15) is 11.1 Å². The van der Waals surface area contributed by atoms with E-state index in [0.29, 0.717) is 20.9 Å². The molecular formula is C27H18ClNO2S2. The van der Waals surface area contributed by atoms with E-state index in [1.165, 1.54) is 11.8 Å². The van der Waals surface area contributed by atoms with Gasteiger partial charge < -0.3 is 4.74 Å². The number of nitrogens with zero attached hydrogens (tertiary/aromatic N) is 1. The molecule has 0 saturated carbocycles. The van der Waals surface area contributed by atoms with Crippen LogP contribution in [-0.2, 0) is 11.4 Å². The van der Waals surface area contributed by atoms with Crippen molar-refractivity contribution in [2.45, 2.75) is 6.61 Å². The lowest BCUT2D eigenvalue weighted by Gasteiger charge is -2.17. The van der Waals surface area contributed by atoms with Crippen LogP contribution in [-0.4, -0.2) is 10.2 Å². The summed E-state index contributed by atoms with van der Waals surface area (Å²) in [6, 6.07) is 29.1. The minimum Gasteiger partial charge on any atom is -0.489 e. The molecule has 1 heterocycles. The third-order valence-corrected chi connectivity index (χ3v) is 7.00. The molecule has 1 saturated heterocycles. The molecule has 6 heteroatoms. The van der Waals surface area contributed by atoms with E-state index >= 15 is 0 Å². The van der Waals surface area contributed by atoms with Gasteiger partial charge in [-0.05, 0) is 41.3 Å². The lowest BCUT2D eigenvalue weighted by atomic mass is 10.1. The van der Waals surface area contributed by atoms with E-state index in [1.54, 1.807) is 4.90 Å². The van der Waals surface area contributed by atoms with Gasteiger partial charge in [0.2, 0.25) is 0 Å². The molecule has 33 heavy (non-hydrogen) atoms. The molecule has 3 nitrogen and oxygen atoms in total. The summed E-state index contributed by atoms with van der Waals surface area (Å²) in [5.74, 6) is 0.621. The van der Waals surface area contributed by atoms with E-state index < -0.39 is 0 Å². The molecule has 0 unspecified atom stereocenters. The predicted molar refractivity (Wildman–Crippen MR) is 142 cm³/mol. The smallest absolute Gasteiger partial charge is 0.270 e. The molecule has 0 aliphatic carbocycles. The number of rotatable bonds is 5. The first-order chi connectivity index (χ1) is 16.1. The maximum Gasteiger partial charge on any atom is 0.270 e. The van der Waals surface area contributed by atoms with Gasteiger partial charge in [0.05, 0.1) is 10.6 Å². The standard InChI is InChI=1S/C27H18ClNO2S2/c28-23-10-4-2-7-20(23)17-31-21-14-12-18(13-15-21)16-25-26(30)29(27(32)33-25)24-11-5-8-19-6-1-3-9-22(19)24/h1-16H,17H2/b25-16-. The minimum absolute atomic E-state index is 0.111. The maximum atomic E-state index is 13.2. The van der Waals surface area contributed by atoms with Gasteiger partial charge in [0.15, 0.2) is 4.32 Å². The molecule has 1 amide bonds. The van der Waals surface area contributed by atoms with E-state index in [2.05, 4.69) is 0 Å². The summed E-state index contributed by atoms with van der Waals surface area (Å²) in [6.07, 6.45) is 1.86. The molecule has 0 bridgehead atoms. The topological polar surface area (TPSA) is 29.5 Å². The van der Waals surface area contributed by atoms with E-state index in [4.69, 9.17) is 28.6 Å². The van der Waals surface area contributed by atoms with E-state index in [9.17, 15) is 4.79 Å². The summed E-state index contributed by atoms with van der Waals surface area (Å²) in [4.78, 5) is 15.5. The first kappa shape index (κ1) is 21.7. The summed E-state index contributed by atoms with van der Waals surface area (Å²) in [7, 11) is 0. The number of thioether (sulfide) groups is 1. The van der Waals surface area contributed by atoms with Crippen LogP contribution in [0.5, 0.6) is 5.75 Å². The maximum absolute atomic E-state index is 13.2. The number of halogens is 1. The molecule has 0 atom stereocenters. The van der Waals surface area contributed by atoms with Crippen molar-refractivity contribution in [2.75, 3.05) is 4.90 Å². The second-order valence-corrected chi connectivity index (χ2v) is 9.55. The summed E-state index contributed by atoms with van der Waals surface area (Å²) in [5, 5.41) is 2.75. The fourth-order valence-corrected chi connectivity index (χ4v) is 5.14. The molecule has 5 rings (SSSR count). The monoisotopic (exact) mass is 487 g/mol. The van der Waals surface area contributed by atoms with Crippen LogP contribution in [0.15, 0.2) is 95.9 Å². The van der Waals surface area contributed by atoms with Gasteiger partial charge in [0, 0.05) is 16.0 Å². The number of thiocarbonyl (C=S) groups is 1. The van der Waals surface area contributed by atoms with Gasteiger partial charge in [-0.1, -0.05) is 102 Å². The Morgan fingerprint density at radius 3 is 2.45 bits per heavy atom. The summed E-state index contributed by atoms with van der Waals surface area (Å²) < 4.78 is 6.38. The van der Waals surface area contributed by atoms with E-state index in [1.807, 2.05) is 97.1 Å². The minimum atomic E-state index is -0.111. The molecule has 1 fully saturated rings. The number of carbonyl (C=O) groups excluding carboxylic acids is 1. The number of fused-ring (bicyclic) bond motifs is 1. The largest absolute Gasteiger partial charge is 0.489 e. The van der Waals surface area contributed by atoms with Gasteiger partial charge in [-0.25, -0.2) is 0 Å². The number of carbonyl (C=O) groups is 1. The average molecular weight is 488 g/mol. The van der Waals surface area contributed by atoms with Crippen molar-refractivity contribution in [3.05, 3.63) is 112 Å². The summed E-state index contributed by atoms with van der Waals surface area (Å²) in [6.45, 7) is 0.392. The van der Waals surface area contributed by atoms with Crippen LogP contribution in [0.25, 0.3) is 16.8 Å². The molecule has 1 aliphatic heterocycles. The van der Waals surface area contributed by atoms with Crippen molar-refractivity contribution in [1.82, 2.24) is 0 Å². The highest BCUT2D eigenvalue weighted by atomic mass is 35.5. The molecule has 0 N–H and O–H groups in total. The Morgan fingerprint density at radius 2 is 1.64 bits per heavy atom. The van der Waals surface area contributed by atoms with Gasteiger partial charge in [0.1, 0.15) is 12.4 Å². The van der Waals surface area contributed by atoms with Crippen molar-refractivity contribution in [3.8, 4) is 5.75 Å². The first-order valence-electron chi connectivity index (χ1n) is 10.3. The van der Waals surface area contributed by atoms with Crippen LogP contribution in [0, 0.1) is 0 Å². The van der Waals surface area contributed by atoms with Crippen molar-refractivity contribution in [3.63, 3.8) is 0 Å². The highest BCUT2D eigenvalue weighted by Crippen LogP contribution is 2.39. The van der Waals surface area contributed by atoms with Crippen molar-refractivity contribution in [2.24, 2.45) is 0 Å². The van der Waals surface area contributed by atoms with Crippen LogP contribution < -0.4 is 9.64 Å². The molecule has 0 radical (unpaired) electrons. The lowest BCUT2D eigenvalue weighted by Crippen LogP contribution is -2.27. The SMILES string of the molecule is O=C1/C(=C/c2ccc(OCc3ccccc3Cl)cc2)SC(=S)N1c1cccc2ccccc12. The lowest BCUT2D eigenvalue weighted by molar-refractivity contribution is -0.113. The van der Waals surface area contributed by atoms with Crippen molar-refractivity contribution in [1.29, 1.82) is 0 Å². The molecule has 4 aromatic rings. The van der Waals surface area contributed by atoms with Crippen LogP contribution in [0.3, 0.4) is 0 Å². The number of amides is 1. The fraction of sp³-hybridized carbons (Fsp3) is 0.0370. The number of hydrogen-bond acceptors (Lipinski definition) is 4. The molecular weight excluding hydrogens is 470 g/mol. The molecule has 162 valence electrons. The second-order valence-electron chi connectivity index (χ2n) is 7.46. The Bertz CT molecular complexity index is 1390. The van der Waals surface area contributed by atoms with Gasteiger partial charge in [-0.3, -0.25) is 9.69 Å². The Hall–Kier alpha value is -3.12. The van der Waals surface area contributed by atoms with Crippen molar-refractivity contribution < 1.29 is 9.53 Å². The zero-order chi connectivity index (χ0) is 22.8. The molecule has 0 aromatic heterocycles. The Kier molecular flexibility index (Phi) is 6.18. The third kappa shape index (κ3) is 4.53. The average Bonchev–Trinajstić information content (AvgIpc) is 3.11. The van der Waals surface area contributed by atoms with E-state index in [0.717, 1.165) is 33.3 Å². The van der Waals surface area contributed by atoms with Crippen molar-refractivity contribution >= 4 is 68.3 Å². The molecule has 1 aliphatic rings. The molecule has 0 spiro atoms. The van der Waals surface area contributed by atoms with Gasteiger partial charge >= 0.3 is 0 Å². The summed E-state index contributed by atoms with van der Waals surface area (Å²) in [5.41, 5.74) is 2.64. The first-order valence-corrected chi connectivity index (χ1v) is 11.9. The molecule has 4 aromatic carbocycles. The Balaban J connectivity index is 1.34. The van der Waals surface area contributed by atoms with Gasteiger partial charge in [0.25, 0.3) is 5.91 Å². The van der Waals surface area contributed by atoms with Gasteiger partial charge in [-0.2, -0.15) is 0 Å². The van der Waals surface area contributed by atoms with Gasteiger partial charge in [-0.15, -0.1) is 0 Å². The summed E-state index contributed by atoms with van der Waals surface area (Å²) >= 11 is 13.1. The number of benzene rings is 4. The normalized spacial score (nSPS) is 14.9. The van der Waals surface area contributed by atoms with Crippen LogP contribution >= 0.6 is 35.6 Å². The van der Waals surface area contributed by atoms with Crippen LogP contribution in [0.2, 0.25) is 5.02 Å². The zero-order valence-electron chi connectivity index (χ0n) is 17.4. The number of hydrogen-bond donors (Lipinski definition) is 0. The quantitative estimate of drug-likeness (QED) is 0.215. The highest BCUT2D eigenvalue weighted by Gasteiger charge is 2.34. The fourth-order valence-electron chi connectivity index (χ4n) is 3.67. The second kappa shape index (κ2) is 9.40. The predicted octanol–water partition coefficient (Wildman–Crippen LogP) is 7.48.